The van der Waals surface area contributed by atoms with Crippen molar-refractivity contribution < 1.29 is 19.1 Å². The van der Waals surface area contributed by atoms with Crippen LogP contribution in [-0.4, -0.2) is 24.6 Å². The summed E-state index contributed by atoms with van der Waals surface area (Å²) in [6.07, 6.45) is 31.6. The fraction of sp³-hybridized carbons (Fsp3) is 0.517. The highest BCUT2D eigenvalue weighted by Gasteiger charge is 2.27. The summed E-state index contributed by atoms with van der Waals surface area (Å²) in [5.41, 5.74) is 0. The van der Waals surface area contributed by atoms with Crippen molar-refractivity contribution in [3.63, 3.8) is 0 Å². The van der Waals surface area contributed by atoms with E-state index in [0.717, 1.165) is 38.5 Å². The minimum Gasteiger partial charge on any atom is -0.463 e. The Morgan fingerprint density at radius 2 is 1.09 bits per heavy atom. The lowest BCUT2D eigenvalue weighted by molar-refractivity contribution is -0.170. The van der Waals surface area contributed by atoms with Crippen molar-refractivity contribution >= 4 is 11.9 Å². The maximum atomic E-state index is 12.0. The highest BCUT2D eigenvalue weighted by molar-refractivity contribution is 5.79. The van der Waals surface area contributed by atoms with Crippen molar-refractivity contribution in [3.8, 4) is 0 Å². The third kappa shape index (κ3) is 19.8. The lowest BCUT2D eigenvalue weighted by Gasteiger charge is -2.19. The number of hydrogen-bond acceptors (Lipinski definition) is 4. The standard InChI is InChI=1S/C29H44O4/c1-5-7-8-9-10-11-12-13-14-15-16-17-18-19-20-21-22-23-24-25-27(30)33-28(26(3)4)29(31)32-6-2/h7-8,10-11,13-14,16-17,19-20,22-23,26,28H,5-6,9,12,15,18,21,24-25H2,1-4H3/b8-7-,11-10-,14-13-,17-16-,20-19-,23-22-. The van der Waals surface area contributed by atoms with E-state index >= 15 is 0 Å². The van der Waals surface area contributed by atoms with Gasteiger partial charge in [0.25, 0.3) is 0 Å². The predicted molar refractivity (Wildman–Crippen MR) is 139 cm³/mol. The molecule has 33 heavy (non-hydrogen) atoms. The lowest BCUT2D eigenvalue weighted by atomic mass is 10.1. The summed E-state index contributed by atoms with van der Waals surface area (Å²) in [6.45, 7) is 7.82. The number of hydrogen-bond donors (Lipinski definition) is 0. The van der Waals surface area contributed by atoms with Crippen LogP contribution in [0, 0.1) is 5.92 Å². The number of carbonyl (C=O) groups excluding carboxylic acids is 2. The Kier molecular flexibility index (Phi) is 20.8. The Morgan fingerprint density at radius 1 is 0.667 bits per heavy atom. The summed E-state index contributed by atoms with van der Waals surface area (Å²) in [4.78, 5) is 23.8. The van der Waals surface area contributed by atoms with Gasteiger partial charge in [-0.25, -0.2) is 4.79 Å². The lowest BCUT2D eigenvalue weighted by Crippen LogP contribution is -2.33. The Morgan fingerprint density at radius 3 is 1.48 bits per heavy atom. The first kappa shape index (κ1) is 30.4. The van der Waals surface area contributed by atoms with Crippen molar-refractivity contribution in [3.05, 3.63) is 72.9 Å². The molecule has 0 radical (unpaired) electrons. The zero-order valence-corrected chi connectivity index (χ0v) is 21.1. The smallest absolute Gasteiger partial charge is 0.347 e. The topological polar surface area (TPSA) is 52.6 Å². The van der Waals surface area contributed by atoms with Gasteiger partial charge in [0.1, 0.15) is 0 Å². The van der Waals surface area contributed by atoms with E-state index in [1.165, 1.54) is 0 Å². The van der Waals surface area contributed by atoms with Crippen molar-refractivity contribution in [2.75, 3.05) is 6.61 Å². The number of allylic oxidation sites excluding steroid dienone is 12. The summed E-state index contributed by atoms with van der Waals surface area (Å²) in [6, 6.07) is 0. The molecular weight excluding hydrogens is 412 g/mol. The van der Waals surface area contributed by atoms with Gasteiger partial charge in [-0.2, -0.15) is 0 Å². The average Bonchev–Trinajstić information content (AvgIpc) is 2.79. The van der Waals surface area contributed by atoms with Gasteiger partial charge < -0.3 is 9.47 Å². The first-order valence-electron chi connectivity index (χ1n) is 12.3. The van der Waals surface area contributed by atoms with Crippen LogP contribution in [0.25, 0.3) is 0 Å². The molecule has 0 aliphatic rings. The van der Waals surface area contributed by atoms with E-state index < -0.39 is 12.1 Å². The molecule has 0 heterocycles. The molecule has 0 saturated carbocycles. The first-order valence-corrected chi connectivity index (χ1v) is 12.3. The Balaban J connectivity index is 3.86. The second-order valence-corrected chi connectivity index (χ2v) is 7.86. The molecule has 0 aliphatic carbocycles. The Bertz CT molecular complexity index is 678. The molecule has 1 unspecified atom stereocenters. The molecule has 0 N–H and O–H groups in total. The third-order valence-corrected chi connectivity index (χ3v) is 4.49. The molecule has 4 heteroatoms. The van der Waals surface area contributed by atoms with Gasteiger partial charge in [0.15, 0.2) is 0 Å². The van der Waals surface area contributed by atoms with E-state index in [4.69, 9.17) is 9.47 Å². The van der Waals surface area contributed by atoms with Crippen LogP contribution in [0.2, 0.25) is 0 Å². The van der Waals surface area contributed by atoms with Crippen LogP contribution in [0.1, 0.15) is 79.1 Å². The maximum absolute atomic E-state index is 12.0. The van der Waals surface area contributed by atoms with Gasteiger partial charge in [-0.05, 0) is 51.9 Å². The van der Waals surface area contributed by atoms with Gasteiger partial charge >= 0.3 is 11.9 Å². The number of carbonyl (C=O) groups is 2. The molecule has 0 bridgehead atoms. The van der Waals surface area contributed by atoms with Gasteiger partial charge in [0, 0.05) is 12.3 Å². The van der Waals surface area contributed by atoms with Crippen LogP contribution in [0.3, 0.4) is 0 Å². The minimum atomic E-state index is -0.831. The molecule has 0 aromatic heterocycles. The number of ether oxygens (including phenoxy) is 2. The molecule has 0 spiro atoms. The van der Waals surface area contributed by atoms with Crippen molar-refractivity contribution in [2.24, 2.45) is 5.92 Å². The molecule has 0 fully saturated rings. The predicted octanol–water partition coefficient (Wildman–Crippen LogP) is 7.60. The second kappa shape index (κ2) is 22.6. The Hall–Kier alpha value is -2.62. The summed E-state index contributed by atoms with van der Waals surface area (Å²) < 4.78 is 10.2. The largest absolute Gasteiger partial charge is 0.463 e. The maximum Gasteiger partial charge on any atom is 0.347 e. The highest BCUT2D eigenvalue weighted by atomic mass is 16.6. The van der Waals surface area contributed by atoms with Gasteiger partial charge in [-0.1, -0.05) is 93.7 Å². The van der Waals surface area contributed by atoms with Gasteiger partial charge in [-0.3, -0.25) is 4.79 Å². The summed E-state index contributed by atoms with van der Waals surface area (Å²) in [5, 5.41) is 0. The third-order valence-electron chi connectivity index (χ3n) is 4.49. The summed E-state index contributed by atoms with van der Waals surface area (Å²) >= 11 is 0. The fourth-order valence-corrected chi connectivity index (χ4v) is 2.72. The SMILES string of the molecule is CC/C=C\C/C=C\C/C=C\C/C=C\C/C=C\C/C=C\CCC(=O)OC(C(=O)OCC)C(C)C. The first-order chi connectivity index (χ1) is 16.0. The van der Waals surface area contributed by atoms with Crippen LogP contribution in [0.4, 0.5) is 0 Å². The number of esters is 2. The minimum absolute atomic E-state index is 0.112. The molecule has 0 amide bonds. The van der Waals surface area contributed by atoms with Crippen LogP contribution in [-0.2, 0) is 19.1 Å². The summed E-state index contributed by atoms with van der Waals surface area (Å²) in [5.74, 6) is -0.963. The van der Waals surface area contributed by atoms with E-state index in [1.54, 1.807) is 6.92 Å². The van der Waals surface area contributed by atoms with E-state index in [9.17, 15) is 9.59 Å². The fourth-order valence-electron chi connectivity index (χ4n) is 2.72. The molecule has 0 aromatic rings. The molecule has 184 valence electrons. The van der Waals surface area contributed by atoms with Gasteiger partial charge in [-0.15, -0.1) is 0 Å². The summed E-state index contributed by atoms with van der Waals surface area (Å²) in [7, 11) is 0. The molecular formula is C29H44O4. The van der Waals surface area contributed by atoms with E-state index in [1.807, 2.05) is 26.0 Å². The zero-order valence-electron chi connectivity index (χ0n) is 21.1. The molecule has 4 nitrogen and oxygen atoms in total. The van der Waals surface area contributed by atoms with Crippen LogP contribution in [0.5, 0.6) is 0 Å². The van der Waals surface area contributed by atoms with Crippen LogP contribution in [0.15, 0.2) is 72.9 Å². The van der Waals surface area contributed by atoms with E-state index in [2.05, 4.69) is 67.7 Å². The number of rotatable bonds is 18. The second-order valence-electron chi connectivity index (χ2n) is 7.86. The van der Waals surface area contributed by atoms with E-state index in [0.29, 0.717) is 6.42 Å². The van der Waals surface area contributed by atoms with Gasteiger partial charge in [0.2, 0.25) is 6.10 Å². The molecule has 0 rings (SSSR count). The molecule has 0 aromatic carbocycles. The van der Waals surface area contributed by atoms with Crippen molar-refractivity contribution in [1.29, 1.82) is 0 Å². The van der Waals surface area contributed by atoms with Crippen LogP contribution < -0.4 is 0 Å². The average molecular weight is 457 g/mol. The molecule has 0 saturated heterocycles. The normalized spacial score (nSPS) is 13.6. The monoisotopic (exact) mass is 456 g/mol. The van der Waals surface area contributed by atoms with Gasteiger partial charge in [0.05, 0.1) is 6.61 Å². The van der Waals surface area contributed by atoms with Crippen LogP contribution >= 0.6 is 0 Å². The molecule has 1 atom stereocenters. The van der Waals surface area contributed by atoms with Crippen molar-refractivity contribution in [1.82, 2.24) is 0 Å². The molecule has 0 aliphatic heterocycles. The zero-order chi connectivity index (χ0) is 24.6. The Labute approximate surface area is 201 Å². The quantitative estimate of drug-likeness (QED) is 0.157. The van der Waals surface area contributed by atoms with Crippen molar-refractivity contribution in [2.45, 2.75) is 85.2 Å². The highest BCUT2D eigenvalue weighted by Crippen LogP contribution is 2.11. The van der Waals surface area contributed by atoms with E-state index in [-0.39, 0.29) is 24.9 Å².